The molecule has 0 bridgehead atoms. The van der Waals surface area contributed by atoms with Gasteiger partial charge < -0.3 is 0 Å². The molecule has 96 valence electrons. The molecule has 5 atom stereocenters. The predicted molar refractivity (Wildman–Crippen MR) is 71.6 cm³/mol. The van der Waals surface area contributed by atoms with E-state index in [-0.39, 0.29) is 0 Å². The predicted octanol–water partition coefficient (Wildman–Crippen LogP) is 4.92. The van der Waals surface area contributed by atoms with E-state index in [9.17, 15) is 4.39 Å². The highest BCUT2D eigenvalue weighted by Gasteiger charge is 2.36. The first-order valence-corrected chi connectivity index (χ1v) is 7.04. The maximum Gasteiger partial charge on any atom is 0.104 e. The molecule has 0 aliphatic heterocycles. The lowest BCUT2D eigenvalue weighted by molar-refractivity contribution is 0.0827. The molecule has 0 amide bonds. The van der Waals surface area contributed by atoms with Crippen LogP contribution in [-0.2, 0) is 0 Å². The van der Waals surface area contributed by atoms with Crippen LogP contribution in [0.4, 0.5) is 4.39 Å². The van der Waals surface area contributed by atoms with Crippen LogP contribution in [0.15, 0.2) is 24.3 Å². The average Bonchev–Trinajstić information content (AvgIpc) is 2.28. The van der Waals surface area contributed by atoms with Crippen LogP contribution in [0.5, 0.6) is 0 Å². The van der Waals surface area contributed by atoms with Gasteiger partial charge in [-0.15, -0.1) is 0 Å². The van der Waals surface area contributed by atoms with E-state index < -0.39 is 6.17 Å². The summed E-state index contributed by atoms with van der Waals surface area (Å²) in [6.45, 7) is 8.28. The fourth-order valence-corrected chi connectivity index (χ4v) is 3.61. The van der Waals surface area contributed by atoms with E-state index in [0.29, 0.717) is 30.1 Å². The van der Waals surface area contributed by atoms with Gasteiger partial charge in [0.05, 0.1) is 0 Å². The van der Waals surface area contributed by atoms with Crippen molar-refractivity contribution in [1.29, 1.82) is 0 Å². The van der Waals surface area contributed by atoms with E-state index >= 15 is 0 Å². The van der Waals surface area contributed by atoms with Gasteiger partial charge in [0.25, 0.3) is 0 Å². The molecule has 0 aromatic rings. The maximum absolute atomic E-state index is 14.3. The number of halogens is 1. The van der Waals surface area contributed by atoms with Gasteiger partial charge in [0.1, 0.15) is 6.17 Å². The zero-order valence-corrected chi connectivity index (χ0v) is 11.2. The topological polar surface area (TPSA) is 0 Å². The van der Waals surface area contributed by atoms with E-state index in [0.717, 1.165) is 19.3 Å². The van der Waals surface area contributed by atoms with Crippen molar-refractivity contribution in [1.82, 2.24) is 0 Å². The van der Waals surface area contributed by atoms with Gasteiger partial charge in [0, 0.05) is 0 Å². The molecule has 0 spiro atoms. The monoisotopic (exact) mass is 236 g/mol. The van der Waals surface area contributed by atoms with Gasteiger partial charge in [-0.1, -0.05) is 31.2 Å². The number of rotatable bonds is 2. The molecular weight excluding hydrogens is 211 g/mol. The van der Waals surface area contributed by atoms with Crippen molar-refractivity contribution in [3.8, 4) is 0 Å². The molecule has 2 aliphatic carbocycles. The van der Waals surface area contributed by atoms with Gasteiger partial charge >= 0.3 is 0 Å². The molecule has 1 heteroatoms. The summed E-state index contributed by atoms with van der Waals surface area (Å²) in [5.41, 5.74) is 1.17. The second-order valence-corrected chi connectivity index (χ2v) is 6.17. The van der Waals surface area contributed by atoms with Gasteiger partial charge in [-0.2, -0.15) is 0 Å². The van der Waals surface area contributed by atoms with E-state index in [1.165, 1.54) is 12.0 Å². The van der Waals surface area contributed by atoms with Crippen molar-refractivity contribution in [3.63, 3.8) is 0 Å². The van der Waals surface area contributed by atoms with E-state index in [1.807, 2.05) is 6.92 Å². The number of hydrogen-bond donors (Lipinski definition) is 0. The van der Waals surface area contributed by atoms with Gasteiger partial charge in [-0.3, -0.25) is 0 Å². The van der Waals surface area contributed by atoms with Crippen LogP contribution < -0.4 is 0 Å². The Labute approximate surface area is 105 Å². The Morgan fingerprint density at radius 1 is 1.29 bits per heavy atom. The highest BCUT2D eigenvalue weighted by atomic mass is 19.1. The van der Waals surface area contributed by atoms with Crippen molar-refractivity contribution < 1.29 is 4.39 Å². The van der Waals surface area contributed by atoms with Gasteiger partial charge in [0.15, 0.2) is 0 Å². The summed E-state index contributed by atoms with van der Waals surface area (Å²) in [5, 5.41) is 0. The summed E-state index contributed by atoms with van der Waals surface area (Å²) in [5.74, 6) is 1.95. The van der Waals surface area contributed by atoms with Crippen molar-refractivity contribution >= 4 is 0 Å². The van der Waals surface area contributed by atoms with Crippen LogP contribution in [0.3, 0.4) is 0 Å². The van der Waals surface area contributed by atoms with E-state index in [4.69, 9.17) is 0 Å². The van der Waals surface area contributed by atoms with Gasteiger partial charge in [0.2, 0.25) is 0 Å². The Morgan fingerprint density at radius 3 is 2.65 bits per heavy atom. The first-order valence-electron chi connectivity index (χ1n) is 7.04. The van der Waals surface area contributed by atoms with Gasteiger partial charge in [-0.25, -0.2) is 4.39 Å². The molecule has 1 fully saturated rings. The lowest BCUT2D eigenvalue weighted by atomic mass is 9.69. The molecule has 0 aromatic carbocycles. The Morgan fingerprint density at radius 2 is 2.06 bits per heavy atom. The fraction of sp³-hybridized carbons (Fsp3) is 0.750. The van der Waals surface area contributed by atoms with E-state index in [2.05, 4.69) is 25.7 Å². The minimum atomic E-state index is -0.603. The smallest absolute Gasteiger partial charge is 0.104 e. The third kappa shape index (κ3) is 3.00. The fourth-order valence-electron chi connectivity index (χ4n) is 3.61. The molecule has 0 radical (unpaired) electrons. The molecule has 5 unspecified atom stereocenters. The average molecular weight is 236 g/mol. The molecule has 1 saturated carbocycles. The molecule has 0 saturated heterocycles. The highest BCUT2D eigenvalue weighted by Crippen LogP contribution is 2.42. The standard InChI is InChI=1S/C16H25F/c1-11(2)13-7-8-15(16(17)10-13)14-6-4-5-12(3)9-14/h4-5,12-16H,1,6-10H2,2-3H3. The second kappa shape index (κ2) is 5.37. The third-order valence-electron chi connectivity index (χ3n) is 4.70. The molecule has 17 heavy (non-hydrogen) atoms. The first-order chi connectivity index (χ1) is 8.08. The van der Waals surface area contributed by atoms with Crippen LogP contribution in [0.1, 0.15) is 46.0 Å². The summed E-state index contributed by atoms with van der Waals surface area (Å²) in [6.07, 6.45) is 9.13. The quantitative estimate of drug-likeness (QED) is 0.597. The number of allylic oxidation sites excluding steroid dienone is 3. The minimum Gasteiger partial charge on any atom is -0.247 e. The van der Waals surface area contributed by atoms with Crippen molar-refractivity contribution in [3.05, 3.63) is 24.3 Å². The first kappa shape index (κ1) is 12.9. The van der Waals surface area contributed by atoms with Gasteiger partial charge in [-0.05, 0) is 62.7 Å². The van der Waals surface area contributed by atoms with Crippen LogP contribution in [-0.4, -0.2) is 6.17 Å². The normalized spacial score (nSPS) is 42.4. The van der Waals surface area contributed by atoms with Crippen molar-refractivity contribution in [2.45, 2.75) is 52.1 Å². The zero-order valence-electron chi connectivity index (χ0n) is 11.2. The van der Waals surface area contributed by atoms with Crippen molar-refractivity contribution in [2.24, 2.45) is 23.7 Å². The van der Waals surface area contributed by atoms with Crippen LogP contribution in [0.2, 0.25) is 0 Å². The Balaban J connectivity index is 1.95. The number of alkyl halides is 1. The molecule has 2 rings (SSSR count). The maximum atomic E-state index is 14.3. The lowest BCUT2D eigenvalue weighted by Gasteiger charge is -2.38. The molecule has 0 aromatic heterocycles. The molecular formula is C16H25F. The SMILES string of the molecule is C=C(C)C1CCC(C2CC=CC(C)C2)C(F)C1. The second-order valence-electron chi connectivity index (χ2n) is 6.17. The molecule has 0 nitrogen and oxygen atoms in total. The molecule has 0 heterocycles. The third-order valence-corrected chi connectivity index (χ3v) is 4.70. The lowest BCUT2D eigenvalue weighted by Crippen LogP contribution is -2.33. The van der Waals surface area contributed by atoms with Crippen LogP contribution >= 0.6 is 0 Å². The summed E-state index contributed by atoms with van der Waals surface area (Å²) in [4.78, 5) is 0. The van der Waals surface area contributed by atoms with E-state index in [1.54, 1.807) is 0 Å². The van der Waals surface area contributed by atoms with Crippen LogP contribution in [0.25, 0.3) is 0 Å². The minimum absolute atomic E-state index is 0.304. The van der Waals surface area contributed by atoms with Crippen molar-refractivity contribution in [2.75, 3.05) is 0 Å². The Kier molecular flexibility index (Phi) is 4.06. The summed E-state index contributed by atoms with van der Waals surface area (Å²) in [7, 11) is 0. The molecule has 2 aliphatic rings. The summed E-state index contributed by atoms with van der Waals surface area (Å²) in [6, 6.07) is 0. The number of hydrogen-bond acceptors (Lipinski definition) is 0. The zero-order chi connectivity index (χ0) is 12.4. The molecule has 0 N–H and O–H groups in total. The summed E-state index contributed by atoms with van der Waals surface area (Å²) < 4.78 is 14.3. The Bertz CT molecular complexity index is 305. The highest BCUT2D eigenvalue weighted by molar-refractivity contribution is 5.03. The summed E-state index contributed by atoms with van der Waals surface area (Å²) >= 11 is 0. The Hall–Kier alpha value is -0.590. The van der Waals surface area contributed by atoms with Crippen LogP contribution in [0, 0.1) is 23.7 Å². The largest absolute Gasteiger partial charge is 0.247 e.